The van der Waals surface area contributed by atoms with Crippen LogP contribution in [0.5, 0.6) is 0 Å². The number of carbonyl (C=O) groups excluding carboxylic acids is 1. The van der Waals surface area contributed by atoms with Gasteiger partial charge in [-0.2, -0.15) is 0 Å². The van der Waals surface area contributed by atoms with Crippen molar-refractivity contribution in [3.63, 3.8) is 0 Å². The molecule has 0 fully saturated rings. The van der Waals surface area contributed by atoms with Gasteiger partial charge in [-0.1, -0.05) is 38.1 Å². The summed E-state index contributed by atoms with van der Waals surface area (Å²) < 4.78 is 5.00. The van der Waals surface area contributed by atoms with Crippen molar-refractivity contribution >= 4 is 5.97 Å². The average molecular weight is 277 g/mol. The van der Waals surface area contributed by atoms with Gasteiger partial charge in [0, 0.05) is 6.04 Å². The molecule has 0 aliphatic carbocycles. The summed E-state index contributed by atoms with van der Waals surface area (Å²) in [6.45, 7) is 10.6. The van der Waals surface area contributed by atoms with E-state index >= 15 is 0 Å². The van der Waals surface area contributed by atoms with E-state index in [1.807, 2.05) is 13.8 Å². The van der Waals surface area contributed by atoms with Crippen LogP contribution in [0.25, 0.3) is 0 Å². The van der Waals surface area contributed by atoms with Gasteiger partial charge in [0.15, 0.2) is 0 Å². The second kappa shape index (κ2) is 8.05. The molecule has 0 aliphatic heterocycles. The Hall–Kier alpha value is -1.35. The van der Waals surface area contributed by atoms with Crippen molar-refractivity contribution in [3.8, 4) is 0 Å². The molecule has 1 N–H and O–H groups in total. The van der Waals surface area contributed by atoms with Crippen molar-refractivity contribution in [2.75, 3.05) is 6.61 Å². The van der Waals surface area contributed by atoms with Gasteiger partial charge in [0.1, 0.15) is 6.04 Å². The van der Waals surface area contributed by atoms with Crippen molar-refractivity contribution in [3.05, 3.63) is 35.4 Å². The Morgan fingerprint density at radius 3 is 2.25 bits per heavy atom. The number of carbonyl (C=O) groups is 1. The van der Waals surface area contributed by atoms with Crippen molar-refractivity contribution in [2.45, 2.75) is 53.1 Å². The molecule has 0 heterocycles. The van der Waals surface area contributed by atoms with Crippen molar-refractivity contribution in [1.29, 1.82) is 0 Å². The number of ether oxygens (including phenoxy) is 1. The molecule has 1 aromatic carbocycles. The van der Waals surface area contributed by atoms with Gasteiger partial charge < -0.3 is 4.74 Å². The Morgan fingerprint density at radius 1 is 1.15 bits per heavy atom. The predicted molar refractivity (Wildman–Crippen MR) is 82.6 cm³/mol. The molecule has 0 aromatic heterocycles. The monoisotopic (exact) mass is 277 g/mol. The fourth-order valence-corrected chi connectivity index (χ4v) is 2.22. The Morgan fingerprint density at radius 2 is 1.75 bits per heavy atom. The Bertz CT molecular complexity index is 412. The average Bonchev–Trinajstić information content (AvgIpc) is 2.39. The summed E-state index contributed by atoms with van der Waals surface area (Å²) in [5.74, 6) is 0.469. The zero-order chi connectivity index (χ0) is 15.1. The van der Waals surface area contributed by atoms with Gasteiger partial charge in [-0.05, 0) is 44.2 Å². The molecule has 1 aromatic rings. The normalized spacial score (nSPS) is 14.1. The van der Waals surface area contributed by atoms with Gasteiger partial charge in [0.2, 0.25) is 0 Å². The van der Waals surface area contributed by atoms with Crippen molar-refractivity contribution in [1.82, 2.24) is 5.32 Å². The lowest BCUT2D eigenvalue weighted by Crippen LogP contribution is -2.37. The number of hydrogen-bond acceptors (Lipinski definition) is 3. The van der Waals surface area contributed by atoms with Crippen LogP contribution >= 0.6 is 0 Å². The molecule has 0 saturated carbocycles. The van der Waals surface area contributed by atoms with Crippen LogP contribution in [0.2, 0.25) is 0 Å². The zero-order valence-corrected chi connectivity index (χ0v) is 13.3. The molecule has 0 amide bonds. The van der Waals surface area contributed by atoms with E-state index in [1.54, 1.807) is 0 Å². The lowest BCUT2D eigenvalue weighted by Gasteiger charge is -2.19. The quantitative estimate of drug-likeness (QED) is 0.775. The van der Waals surface area contributed by atoms with Gasteiger partial charge in [-0.15, -0.1) is 0 Å². The highest BCUT2D eigenvalue weighted by molar-refractivity contribution is 5.75. The van der Waals surface area contributed by atoms with E-state index < -0.39 is 0 Å². The fourth-order valence-electron chi connectivity index (χ4n) is 2.22. The molecule has 3 heteroatoms. The molecular formula is C17H27NO2. The summed E-state index contributed by atoms with van der Waals surface area (Å²) in [7, 11) is 0. The maximum atomic E-state index is 11.6. The molecule has 112 valence electrons. The van der Waals surface area contributed by atoms with Crippen molar-refractivity contribution < 1.29 is 9.53 Å². The highest BCUT2D eigenvalue weighted by Gasteiger charge is 2.17. The lowest BCUT2D eigenvalue weighted by atomic mass is 9.99. The second-order valence-electron chi connectivity index (χ2n) is 5.70. The molecule has 2 unspecified atom stereocenters. The molecule has 0 radical (unpaired) electrons. The van der Waals surface area contributed by atoms with E-state index in [0.717, 1.165) is 6.42 Å². The Balaban J connectivity index is 2.59. The maximum Gasteiger partial charge on any atom is 0.322 e. The highest BCUT2D eigenvalue weighted by atomic mass is 16.5. The first-order valence-corrected chi connectivity index (χ1v) is 7.45. The number of rotatable bonds is 7. The first-order chi connectivity index (χ1) is 9.43. The minimum Gasteiger partial charge on any atom is -0.465 e. The third-order valence-electron chi connectivity index (χ3n) is 3.26. The van der Waals surface area contributed by atoms with Gasteiger partial charge in [-0.25, -0.2) is 0 Å². The number of esters is 1. The van der Waals surface area contributed by atoms with E-state index in [2.05, 4.69) is 50.4 Å². The molecule has 0 aliphatic rings. The van der Waals surface area contributed by atoms with Crippen LogP contribution in [0.15, 0.2) is 24.3 Å². The minimum absolute atomic E-state index is 0.127. The SMILES string of the molecule is CCOC(=O)C(C)NC(C)c1ccc(CC(C)C)cc1. The Labute approximate surface area is 122 Å². The van der Waals surface area contributed by atoms with E-state index in [4.69, 9.17) is 4.74 Å². The lowest BCUT2D eigenvalue weighted by molar-refractivity contribution is -0.145. The van der Waals surface area contributed by atoms with Gasteiger partial charge in [0.05, 0.1) is 6.61 Å². The topological polar surface area (TPSA) is 38.3 Å². The predicted octanol–water partition coefficient (Wildman–Crippen LogP) is 3.49. The smallest absolute Gasteiger partial charge is 0.322 e. The van der Waals surface area contributed by atoms with Crippen LogP contribution in [0.4, 0.5) is 0 Å². The molecule has 20 heavy (non-hydrogen) atoms. The van der Waals surface area contributed by atoms with Crippen LogP contribution in [0.1, 0.15) is 51.8 Å². The van der Waals surface area contributed by atoms with E-state index in [1.165, 1.54) is 11.1 Å². The number of benzene rings is 1. The first kappa shape index (κ1) is 16.7. The fraction of sp³-hybridized carbons (Fsp3) is 0.588. The van der Waals surface area contributed by atoms with Gasteiger partial charge >= 0.3 is 5.97 Å². The summed E-state index contributed by atoms with van der Waals surface area (Å²) in [6.07, 6.45) is 1.10. The summed E-state index contributed by atoms with van der Waals surface area (Å²) in [5, 5.41) is 3.27. The highest BCUT2D eigenvalue weighted by Crippen LogP contribution is 2.16. The molecule has 2 atom stereocenters. The van der Waals surface area contributed by atoms with Crippen LogP contribution in [0.3, 0.4) is 0 Å². The second-order valence-corrected chi connectivity index (χ2v) is 5.70. The van der Waals surface area contributed by atoms with E-state index in [0.29, 0.717) is 12.5 Å². The maximum absolute atomic E-state index is 11.6. The molecule has 1 rings (SSSR count). The van der Waals surface area contributed by atoms with Crippen LogP contribution < -0.4 is 5.32 Å². The molecule has 0 bridgehead atoms. The Kier molecular flexibility index (Phi) is 6.73. The van der Waals surface area contributed by atoms with Crippen LogP contribution in [0, 0.1) is 5.92 Å². The minimum atomic E-state index is -0.291. The third-order valence-corrected chi connectivity index (χ3v) is 3.26. The largest absolute Gasteiger partial charge is 0.465 e. The number of hydrogen-bond donors (Lipinski definition) is 1. The van der Waals surface area contributed by atoms with Crippen LogP contribution in [-0.4, -0.2) is 18.6 Å². The van der Waals surface area contributed by atoms with Crippen molar-refractivity contribution in [2.24, 2.45) is 5.92 Å². The molecule has 0 spiro atoms. The summed E-state index contributed by atoms with van der Waals surface area (Å²) in [5.41, 5.74) is 2.54. The third kappa shape index (κ3) is 5.33. The summed E-state index contributed by atoms with van der Waals surface area (Å²) in [6, 6.07) is 8.44. The van der Waals surface area contributed by atoms with E-state index in [-0.39, 0.29) is 18.1 Å². The molecule has 3 nitrogen and oxygen atoms in total. The zero-order valence-electron chi connectivity index (χ0n) is 13.3. The molecular weight excluding hydrogens is 250 g/mol. The summed E-state index contributed by atoms with van der Waals surface area (Å²) >= 11 is 0. The van der Waals surface area contributed by atoms with Crippen LogP contribution in [-0.2, 0) is 16.0 Å². The van der Waals surface area contributed by atoms with E-state index in [9.17, 15) is 4.79 Å². The first-order valence-electron chi connectivity index (χ1n) is 7.45. The number of nitrogens with one attached hydrogen (secondary N) is 1. The molecule has 0 saturated heterocycles. The van der Waals surface area contributed by atoms with Gasteiger partial charge in [0.25, 0.3) is 0 Å². The summed E-state index contributed by atoms with van der Waals surface area (Å²) in [4.78, 5) is 11.6. The standard InChI is InChI=1S/C17H27NO2/c1-6-20-17(19)14(5)18-13(4)16-9-7-15(8-10-16)11-12(2)3/h7-10,12-14,18H,6,11H2,1-5H3. The van der Waals surface area contributed by atoms with Gasteiger partial charge in [-0.3, -0.25) is 10.1 Å².